The number of phenolic OH excluding ortho intramolecular Hbond substituents is 1. The zero-order valence-corrected chi connectivity index (χ0v) is 11.8. The Balaban J connectivity index is 2.07. The van der Waals surface area contributed by atoms with Gasteiger partial charge in [0.1, 0.15) is 20.8 Å². The number of hydrogen-bond acceptors (Lipinski definition) is 6. The molecule has 7 nitrogen and oxygen atoms in total. The number of aromatic amines is 2. The van der Waals surface area contributed by atoms with Crippen LogP contribution in [0, 0.1) is 0 Å². The second-order valence-electron chi connectivity index (χ2n) is 4.67. The van der Waals surface area contributed by atoms with Crippen molar-refractivity contribution in [2.24, 2.45) is 0 Å². The molecule has 0 saturated carbocycles. The molecule has 0 unspecified atom stereocenters. The fourth-order valence-electron chi connectivity index (χ4n) is 2.26. The monoisotopic (exact) mass is 312 g/mol. The molecule has 4 rings (SSSR count). The van der Waals surface area contributed by atoms with Crippen LogP contribution in [0.15, 0.2) is 40.1 Å². The zero-order valence-electron chi connectivity index (χ0n) is 11.0. The van der Waals surface area contributed by atoms with Crippen molar-refractivity contribution in [1.82, 2.24) is 19.9 Å². The van der Waals surface area contributed by atoms with E-state index in [9.17, 15) is 14.7 Å². The minimum Gasteiger partial charge on any atom is -0.508 e. The zero-order chi connectivity index (χ0) is 15.3. The maximum Gasteiger partial charge on any atom is 0.326 e. The summed E-state index contributed by atoms with van der Waals surface area (Å²) in [4.78, 5) is 37.4. The van der Waals surface area contributed by atoms with Crippen LogP contribution in [0.25, 0.3) is 31.8 Å². The SMILES string of the molecule is O=c1[nH]c(=O)c2sc3ncc(-c4cccc(O)c4)nc3c2[nH]1. The van der Waals surface area contributed by atoms with Crippen molar-refractivity contribution in [2.45, 2.75) is 0 Å². The lowest BCUT2D eigenvalue weighted by atomic mass is 10.1. The van der Waals surface area contributed by atoms with Crippen LogP contribution in [0.1, 0.15) is 0 Å². The van der Waals surface area contributed by atoms with Crippen molar-refractivity contribution < 1.29 is 5.11 Å². The van der Waals surface area contributed by atoms with Crippen molar-refractivity contribution in [3.63, 3.8) is 0 Å². The summed E-state index contributed by atoms with van der Waals surface area (Å²) in [5, 5.41) is 9.55. The molecule has 8 heteroatoms. The molecule has 1 aromatic carbocycles. The molecular weight excluding hydrogens is 304 g/mol. The van der Waals surface area contributed by atoms with Crippen LogP contribution < -0.4 is 11.2 Å². The number of phenols is 1. The highest BCUT2D eigenvalue weighted by Crippen LogP contribution is 2.29. The van der Waals surface area contributed by atoms with E-state index in [0.717, 1.165) is 0 Å². The first-order valence-corrected chi connectivity index (χ1v) is 7.15. The van der Waals surface area contributed by atoms with Crippen LogP contribution in [0.5, 0.6) is 5.75 Å². The smallest absolute Gasteiger partial charge is 0.326 e. The summed E-state index contributed by atoms with van der Waals surface area (Å²) in [7, 11) is 0. The van der Waals surface area contributed by atoms with Crippen molar-refractivity contribution >= 4 is 31.9 Å². The first-order chi connectivity index (χ1) is 10.6. The predicted molar refractivity (Wildman–Crippen MR) is 83.3 cm³/mol. The largest absolute Gasteiger partial charge is 0.508 e. The third kappa shape index (κ3) is 1.89. The molecule has 3 N–H and O–H groups in total. The van der Waals surface area contributed by atoms with Gasteiger partial charge in [-0.2, -0.15) is 0 Å². The van der Waals surface area contributed by atoms with Gasteiger partial charge in [-0.25, -0.2) is 14.8 Å². The van der Waals surface area contributed by atoms with Gasteiger partial charge >= 0.3 is 5.69 Å². The third-order valence-electron chi connectivity index (χ3n) is 3.22. The van der Waals surface area contributed by atoms with Gasteiger partial charge in [0.25, 0.3) is 5.56 Å². The summed E-state index contributed by atoms with van der Waals surface area (Å²) in [6, 6.07) is 6.63. The van der Waals surface area contributed by atoms with Gasteiger partial charge in [0.15, 0.2) is 0 Å². The summed E-state index contributed by atoms with van der Waals surface area (Å²) in [5.74, 6) is 0.124. The van der Waals surface area contributed by atoms with Gasteiger partial charge in [0, 0.05) is 5.56 Å². The van der Waals surface area contributed by atoms with E-state index < -0.39 is 11.2 Å². The van der Waals surface area contributed by atoms with Crippen LogP contribution in [-0.2, 0) is 0 Å². The first-order valence-electron chi connectivity index (χ1n) is 6.33. The molecule has 3 heterocycles. The molecule has 0 fully saturated rings. The van der Waals surface area contributed by atoms with Crippen LogP contribution in [0.4, 0.5) is 0 Å². The standard InChI is InChI=1S/C14H8N4O3S/c19-7-3-1-2-6(4-7)8-5-15-13-10(16-8)9-11(22-13)12(20)18-14(21)17-9/h1-5,19H,(H2,17,18,20,21). The average molecular weight is 312 g/mol. The summed E-state index contributed by atoms with van der Waals surface area (Å²) >= 11 is 1.17. The van der Waals surface area contributed by atoms with Crippen LogP contribution in [-0.4, -0.2) is 25.0 Å². The van der Waals surface area contributed by atoms with E-state index in [2.05, 4.69) is 19.9 Å². The average Bonchev–Trinajstić information content (AvgIpc) is 2.86. The van der Waals surface area contributed by atoms with Crippen LogP contribution in [0.3, 0.4) is 0 Å². The molecule has 0 aliphatic rings. The first kappa shape index (κ1) is 12.7. The molecule has 0 saturated heterocycles. The molecule has 22 heavy (non-hydrogen) atoms. The van der Waals surface area contributed by atoms with Crippen LogP contribution >= 0.6 is 11.3 Å². The number of benzene rings is 1. The number of fused-ring (bicyclic) bond motifs is 3. The number of H-pyrrole nitrogens is 2. The van der Waals surface area contributed by atoms with Crippen molar-refractivity contribution in [3.05, 3.63) is 51.3 Å². The fraction of sp³-hybridized carbons (Fsp3) is 0. The Morgan fingerprint density at radius 3 is 2.86 bits per heavy atom. The Bertz CT molecular complexity index is 1140. The molecule has 0 spiro atoms. The lowest BCUT2D eigenvalue weighted by molar-refractivity contribution is 0.475. The molecule has 0 radical (unpaired) electrons. The Morgan fingerprint density at radius 2 is 2.05 bits per heavy atom. The summed E-state index contributed by atoms with van der Waals surface area (Å²) in [6.45, 7) is 0. The molecule has 0 aliphatic heterocycles. The van der Waals surface area contributed by atoms with E-state index in [4.69, 9.17) is 0 Å². The lowest BCUT2D eigenvalue weighted by Gasteiger charge is -2.01. The van der Waals surface area contributed by atoms with Gasteiger partial charge in [-0.15, -0.1) is 11.3 Å². The fourth-order valence-corrected chi connectivity index (χ4v) is 3.19. The number of aromatic hydroxyl groups is 1. The highest BCUT2D eigenvalue weighted by atomic mass is 32.1. The minimum atomic E-state index is -0.582. The quantitative estimate of drug-likeness (QED) is 0.494. The van der Waals surface area contributed by atoms with E-state index in [-0.39, 0.29) is 5.75 Å². The van der Waals surface area contributed by atoms with Crippen LogP contribution in [0.2, 0.25) is 0 Å². The molecule has 0 amide bonds. The molecule has 0 bridgehead atoms. The van der Waals surface area contributed by atoms with Gasteiger partial charge < -0.3 is 10.1 Å². The van der Waals surface area contributed by atoms with E-state index in [0.29, 0.717) is 31.8 Å². The Labute approximate surface area is 125 Å². The molecule has 3 aromatic heterocycles. The highest BCUT2D eigenvalue weighted by Gasteiger charge is 2.13. The Morgan fingerprint density at radius 1 is 1.18 bits per heavy atom. The topological polar surface area (TPSA) is 112 Å². The molecule has 0 atom stereocenters. The van der Waals surface area contributed by atoms with Gasteiger partial charge in [-0.05, 0) is 12.1 Å². The number of nitrogens with one attached hydrogen (secondary N) is 2. The van der Waals surface area contributed by atoms with E-state index in [1.807, 2.05) is 0 Å². The number of rotatable bonds is 1. The molecule has 108 valence electrons. The van der Waals surface area contributed by atoms with E-state index in [1.165, 1.54) is 11.3 Å². The highest BCUT2D eigenvalue weighted by molar-refractivity contribution is 7.25. The molecule has 4 aromatic rings. The third-order valence-corrected chi connectivity index (χ3v) is 4.30. The summed E-state index contributed by atoms with van der Waals surface area (Å²) in [5.41, 5.74) is 1.04. The number of aromatic nitrogens is 4. The van der Waals surface area contributed by atoms with Crippen molar-refractivity contribution in [3.8, 4) is 17.0 Å². The number of nitrogens with zero attached hydrogens (tertiary/aromatic N) is 2. The molecular formula is C14H8N4O3S. The van der Waals surface area contributed by atoms with E-state index >= 15 is 0 Å². The maximum absolute atomic E-state index is 11.8. The lowest BCUT2D eigenvalue weighted by Crippen LogP contribution is -2.20. The Hall–Kier alpha value is -3.00. The van der Waals surface area contributed by atoms with Gasteiger partial charge in [0.05, 0.1) is 17.4 Å². The predicted octanol–water partition coefficient (Wildman–Crippen LogP) is 1.59. The second kappa shape index (κ2) is 4.50. The van der Waals surface area contributed by atoms with E-state index in [1.54, 1.807) is 30.5 Å². The Kier molecular flexibility index (Phi) is 2.60. The minimum absolute atomic E-state index is 0.124. The van der Waals surface area contributed by atoms with Gasteiger partial charge in [-0.3, -0.25) is 9.78 Å². The number of thiophene rings is 1. The molecule has 0 aliphatic carbocycles. The second-order valence-corrected chi connectivity index (χ2v) is 5.67. The van der Waals surface area contributed by atoms with Gasteiger partial charge in [-0.1, -0.05) is 12.1 Å². The van der Waals surface area contributed by atoms with Crippen molar-refractivity contribution in [2.75, 3.05) is 0 Å². The summed E-state index contributed by atoms with van der Waals surface area (Å²) < 4.78 is 0.377. The maximum atomic E-state index is 11.8. The number of hydrogen-bond donors (Lipinski definition) is 3. The normalized spacial score (nSPS) is 11.3. The van der Waals surface area contributed by atoms with Crippen molar-refractivity contribution in [1.29, 1.82) is 0 Å². The summed E-state index contributed by atoms with van der Waals surface area (Å²) in [6.07, 6.45) is 1.57. The van der Waals surface area contributed by atoms with Gasteiger partial charge in [0.2, 0.25) is 0 Å².